The predicted octanol–water partition coefficient (Wildman–Crippen LogP) is 3.82. The maximum absolute atomic E-state index is 5.83. The van der Waals surface area contributed by atoms with Crippen LogP contribution < -0.4 is 10.1 Å². The number of hydrogen-bond donors (Lipinski definition) is 1. The molecule has 0 aliphatic heterocycles. The van der Waals surface area contributed by atoms with E-state index in [1.54, 1.807) is 0 Å². The summed E-state index contributed by atoms with van der Waals surface area (Å²) in [6.07, 6.45) is 3.98. The van der Waals surface area contributed by atoms with Gasteiger partial charge in [-0.3, -0.25) is 0 Å². The zero-order valence-corrected chi connectivity index (χ0v) is 12.5. The standard InChI is InChI=1S/C17H27NO/c1-4-19-17-8-6-5-7-15(17)16-11-13(2)9-10-14(16)12-18-3/h5-8,13-14,16,18H,4,9-12H2,1-3H3. The van der Waals surface area contributed by atoms with Gasteiger partial charge in [-0.1, -0.05) is 31.5 Å². The molecule has 1 aromatic rings. The van der Waals surface area contributed by atoms with Crippen molar-refractivity contribution in [3.63, 3.8) is 0 Å². The molecule has 0 amide bonds. The van der Waals surface area contributed by atoms with Crippen LogP contribution in [0.4, 0.5) is 0 Å². The second kappa shape index (κ2) is 6.95. The lowest BCUT2D eigenvalue weighted by molar-refractivity contribution is 0.237. The second-order valence-corrected chi connectivity index (χ2v) is 5.81. The van der Waals surface area contributed by atoms with Gasteiger partial charge in [-0.05, 0) is 62.7 Å². The molecule has 0 aromatic heterocycles. The first kappa shape index (κ1) is 14.4. The lowest BCUT2D eigenvalue weighted by Crippen LogP contribution is -2.30. The van der Waals surface area contributed by atoms with Gasteiger partial charge < -0.3 is 10.1 Å². The first-order chi connectivity index (χ1) is 9.26. The quantitative estimate of drug-likeness (QED) is 0.870. The summed E-state index contributed by atoms with van der Waals surface area (Å²) in [5, 5.41) is 3.36. The monoisotopic (exact) mass is 261 g/mol. The molecule has 2 heteroatoms. The van der Waals surface area contributed by atoms with Crippen molar-refractivity contribution in [2.45, 2.75) is 39.0 Å². The maximum atomic E-state index is 5.83. The van der Waals surface area contributed by atoms with Gasteiger partial charge in [-0.25, -0.2) is 0 Å². The van der Waals surface area contributed by atoms with E-state index >= 15 is 0 Å². The molecule has 3 atom stereocenters. The van der Waals surface area contributed by atoms with Gasteiger partial charge in [0.15, 0.2) is 0 Å². The third kappa shape index (κ3) is 3.50. The third-order valence-corrected chi connectivity index (χ3v) is 4.34. The van der Waals surface area contributed by atoms with Crippen molar-refractivity contribution in [3.05, 3.63) is 29.8 Å². The van der Waals surface area contributed by atoms with E-state index in [1.807, 2.05) is 0 Å². The highest BCUT2D eigenvalue weighted by Crippen LogP contribution is 2.43. The topological polar surface area (TPSA) is 21.3 Å². The predicted molar refractivity (Wildman–Crippen MR) is 80.8 cm³/mol. The Bertz CT molecular complexity index is 391. The van der Waals surface area contributed by atoms with Crippen LogP contribution >= 0.6 is 0 Å². The molecule has 0 radical (unpaired) electrons. The van der Waals surface area contributed by atoms with Gasteiger partial charge in [0, 0.05) is 0 Å². The number of rotatable bonds is 5. The maximum Gasteiger partial charge on any atom is 0.122 e. The molecule has 106 valence electrons. The molecule has 3 unspecified atom stereocenters. The number of hydrogen-bond acceptors (Lipinski definition) is 2. The second-order valence-electron chi connectivity index (χ2n) is 5.81. The molecule has 1 N–H and O–H groups in total. The van der Waals surface area contributed by atoms with Gasteiger partial charge in [-0.15, -0.1) is 0 Å². The first-order valence-corrected chi connectivity index (χ1v) is 7.62. The van der Waals surface area contributed by atoms with Gasteiger partial charge in [0.05, 0.1) is 6.61 Å². The Morgan fingerprint density at radius 2 is 2.05 bits per heavy atom. The van der Waals surface area contributed by atoms with Gasteiger partial charge in [0.1, 0.15) is 5.75 Å². The summed E-state index contributed by atoms with van der Waals surface area (Å²) in [6.45, 7) is 6.30. The zero-order valence-electron chi connectivity index (χ0n) is 12.5. The van der Waals surface area contributed by atoms with Crippen molar-refractivity contribution in [1.82, 2.24) is 5.32 Å². The van der Waals surface area contributed by atoms with Gasteiger partial charge in [0.25, 0.3) is 0 Å². The molecule has 1 aliphatic carbocycles. The molecule has 1 aromatic carbocycles. The van der Waals surface area contributed by atoms with Gasteiger partial charge >= 0.3 is 0 Å². The number of para-hydroxylation sites is 1. The minimum atomic E-state index is 0.638. The van der Waals surface area contributed by atoms with E-state index in [0.717, 1.165) is 30.7 Å². The number of ether oxygens (including phenoxy) is 1. The minimum Gasteiger partial charge on any atom is -0.494 e. The zero-order chi connectivity index (χ0) is 13.7. The minimum absolute atomic E-state index is 0.638. The van der Waals surface area contributed by atoms with Crippen LogP contribution in [0.2, 0.25) is 0 Å². The summed E-state index contributed by atoms with van der Waals surface area (Å²) >= 11 is 0. The molecule has 1 saturated carbocycles. The summed E-state index contributed by atoms with van der Waals surface area (Å²) in [4.78, 5) is 0. The van der Waals surface area contributed by atoms with Crippen LogP contribution in [0.15, 0.2) is 24.3 Å². The Morgan fingerprint density at radius 1 is 1.26 bits per heavy atom. The fraction of sp³-hybridized carbons (Fsp3) is 0.647. The highest BCUT2D eigenvalue weighted by Gasteiger charge is 2.30. The Balaban J connectivity index is 2.25. The van der Waals surface area contributed by atoms with Crippen molar-refractivity contribution < 1.29 is 4.74 Å². The van der Waals surface area contributed by atoms with E-state index < -0.39 is 0 Å². The van der Waals surface area contributed by atoms with E-state index in [9.17, 15) is 0 Å². The smallest absolute Gasteiger partial charge is 0.122 e. The van der Waals surface area contributed by atoms with Crippen molar-refractivity contribution in [1.29, 1.82) is 0 Å². The number of nitrogens with one attached hydrogen (secondary N) is 1. The van der Waals surface area contributed by atoms with Crippen LogP contribution in [0.5, 0.6) is 5.75 Å². The Labute approximate surface area is 117 Å². The van der Waals surface area contributed by atoms with Gasteiger partial charge in [-0.2, -0.15) is 0 Å². The lowest BCUT2D eigenvalue weighted by atomic mass is 9.71. The molecule has 1 aliphatic rings. The van der Waals surface area contributed by atoms with E-state index in [0.29, 0.717) is 5.92 Å². The van der Waals surface area contributed by atoms with Crippen LogP contribution in [0.3, 0.4) is 0 Å². The fourth-order valence-corrected chi connectivity index (χ4v) is 3.40. The van der Waals surface area contributed by atoms with Crippen LogP contribution in [0, 0.1) is 11.8 Å². The fourth-order valence-electron chi connectivity index (χ4n) is 3.40. The van der Waals surface area contributed by atoms with Crippen LogP contribution in [0.25, 0.3) is 0 Å². The summed E-state index contributed by atoms with van der Waals surface area (Å²) in [5.74, 6) is 3.29. The molecule has 2 rings (SSSR count). The molecular formula is C17H27NO. The van der Waals surface area contributed by atoms with Crippen molar-refractivity contribution in [2.75, 3.05) is 20.2 Å². The Hall–Kier alpha value is -1.02. The first-order valence-electron chi connectivity index (χ1n) is 7.62. The largest absolute Gasteiger partial charge is 0.494 e. The van der Waals surface area contributed by atoms with Crippen molar-refractivity contribution >= 4 is 0 Å². The summed E-state index contributed by atoms with van der Waals surface area (Å²) in [7, 11) is 2.06. The van der Waals surface area contributed by atoms with Crippen LogP contribution in [-0.4, -0.2) is 20.2 Å². The number of benzene rings is 1. The SMILES string of the molecule is CCOc1ccccc1C1CC(C)CCC1CNC. The molecular weight excluding hydrogens is 234 g/mol. The van der Waals surface area contributed by atoms with E-state index in [1.165, 1.54) is 24.8 Å². The summed E-state index contributed by atoms with van der Waals surface area (Å²) < 4.78 is 5.83. The molecule has 2 nitrogen and oxygen atoms in total. The van der Waals surface area contributed by atoms with Crippen LogP contribution in [-0.2, 0) is 0 Å². The van der Waals surface area contributed by atoms with E-state index in [-0.39, 0.29) is 0 Å². The molecule has 1 fully saturated rings. The lowest BCUT2D eigenvalue weighted by Gasteiger charge is -2.36. The van der Waals surface area contributed by atoms with Gasteiger partial charge in [0.2, 0.25) is 0 Å². The van der Waals surface area contributed by atoms with Crippen molar-refractivity contribution in [3.8, 4) is 5.75 Å². The van der Waals surface area contributed by atoms with Crippen molar-refractivity contribution in [2.24, 2.45) is 11.8 Å². The molecule has 0 bridgehead atoms. The summed E-state index contributed by atoms with van der Waals surface area (Å²) in [6, 6.07) is 8.60. The Morgan fingerprint density at radius 3 is 2.79 bits per heavy atom. The average molecular weight is 261 g/mol. The van der Waals surface area contributed by atoms with E-state index in [4.69, 9.17) is 4.74 Å². The van der Waals surface area contributed by atoms with Crippen LogP contribution in [0.1, 0.15) is 44.6 Å². The normalized spacial score (nSPS) is 27.2. The van der Waals surface area contributed by atoms with E-state index in [2.05, 4.69) is 50.5 Å². The molecule has 0 heterocycles. The molecule has 19 heavy (non-hydrogen) atoms. The summed E-state index contributed by atoms with van der Waals surface area (Å²) in [5.41, 5.74) is 1.41. The third-order valence-electron chi connectivity index (χ3n) is 4.34. The molecule has 0 spiro atoms. The molecule has 0 saturated heterocycles. The average Bonchev–Trinajstić information content (AvgIpc) is 2.42. The highest BCUT2D eigenvalue weighted by atomic mass is 16.5. The Kier molecular flexibility index (Phi) is 5.26. The highest BCUT2D eigenvalue weighted by molar-refractivity contribution is 5.37.